The van der Waals surface area contributed by atoms with Gasteiger partial charge in [0.2, 0.25) is 11.8 Å². The Labute approximate surface area is 223 Å². The highest BCUT2D eigenvalue weighted by molar-refractivity contribution is 5.85. The van der Waals surface area contributed by atoms with E-state index in [1.54, 1.807) is 12.5 Å². The Morgan fingerprint density at radius 3 is 2.06 bits per heavy atom. The monoisotopic (exact) mass is 539 g/mol. The molecule has 1 heterocycles. The molecule has 35 heavy (non-hydrogen) atoms. The van der Waals surface area contributed by atoms with Crippen LogP contribution in [0.15, 0.2) is 12.5 Å². The van der Waals surface area contributed by atoms with Crippen molar-refractivity contribution in [1.82, 2.24) is 20.6 Å². The van der Waals surface area contributed by atoms with E-state index in [0.29, 0.717) is 52.4 Å². The third-order valence-electron chi connectivity index (χ3n) is 5.33. The minimum atomic E-state index is -0.621. The number of hydrogen-bond acceptors (Lipinski definition) is 6. The number of nitrogens with two attached hydrogens (primary N) is 1. The van der Waals surface area contributed by atoms with E-state index in [-0.39, 0.29) is 36.6 Å². The van der Waals surface area contributed by atoms with Crippen molar-refractivity contribution in [3.05, 3.63) is 18.2 Å². The van der Waals surface area contributed by atoms with E-state index in [1.165, 1.54) is 44.9 Å². The van der Waals surface area contributed by atoms with Crippen LogP contribution in [0.1, 0.15) is 76.8 Å². The number of rotatable bonds is 22. The predicted octanol–water partition coefficient (Wildman–Crippen LogP) is 3.31. The van der Waals surface area contributed by atoms with Gasteiger partial charge in [0.15, 0.2) is 0 Å². The number of unbranched alkanes of at least 4 members (excludes halogenated alkanes) is 8. The molecule has 0 aliphatic heterocycles. The maximum atomic E-state index is 11.9. The van der Waals surface area contributed by atoms with Crippen molar-refractivity contribution in [1.29, 1.82) is 0 Å². The Morgan fingerprint density at radius 2 is 1.49 bits per heavy atom. The number of hydrogen-bond donors (Lipinski definition) is 4. The van der Waals surface area contributed by atoms with Gasteiger partial charge in [-0.3, -0.25) is 9.59 Å². The summed E-state index contributed by atoms with van der Waals surface area (Å²) in [6.45, 7) is 4.88. The Kier molecular flexibility index (Phi) is 26.3. The summed E-state index contributed by atoms with van der Waals surface area (Å²) in [4.78, 5) is 30.5. The molecule has 0 unspecified atom stereocenters. The summed E-state index contributed by atoms with van der Waals surface area (Å²) in [5.41, 5.74) is 6.68. The molecule has 0 aromatic carbocycles. The SMILES string of the molecule is CCCCCCCCCCCC(=O)NCCOCCOCCNC(=O)[C@@H](N)Cc1cnc[nH]1.Cl.Cl. The van der Waals surface area contributed by atoms with Crippen LogP contribution in [0, 0.1) is 0 Å². The van der Waals surface area contributed by atoms with Crippen LogP contribution in [-0.2, 0) is 25.5 Å². The van der Waals surface area contributed by atoms with Crippen LogP contribution in [0.4, 0.5) is 0 Å². The molecular weight excluding hydrogens is 493 g/mol. The first-order valence-corrected chi connectivity index (χ1v) is 12.6. The molecule has 0 aliphatic rings. The van der Waals surface area contributed by atoms with Gasteiger partial charge in [-0.05, 0) is 6.42 Å². The van der Waals surface area contributed by atoms with Crippen LogP contribution in [0.3, 0.4) is 0 Å². The van der Waals surface area contributed by atoms with Crippen LogP contribution in [0.5, 0.6) is 0 Å². The molecule has 5 N–H and O–H groups in total. The van der Waals surface area contributed by atoms with E-state index in [0.717, 1.165) is 18.5 Å². The quantitative estimate of drug-likeness (QED) is 0.167. The predicted molar refractivity (Wildman–Crippen MR) is 144 cm³/mol. The number of carbonyl (C=O) groups excluding carboxylic acids is 2. The van der Waals surface area contributed by atoms with E-state index in [9.17, 15) is 9.59 Å². The highest BCUT2D eigenvalue weighted by Crippen LogP contribution is 2.10. The summed E-state index contributed by atoms with van der Waals surface area (Å²) in [5.74, 6) is -0.123. The zero-order chi connectivity index (χ0) is 24.0. The van der Waals surface area contributed by atoms with Crippen molar-refractivity contribution in [2.45, 2.75) is 83.6 Å². The number of aromatic nitrogens is 2. The third-order valence-corrected chi connectivity index (χ3v) is 5.33. The molecule has 11 heteroatoms. The van der Waals surface area contributed by atoms with Gasteiger partial charge in [-0.15, -0.1) is 24.8 Å². The van der Waals surface area contributed by atoms with Crippen molar-refractivity contribution >= 4 is 36.6 Å². The average molecular weight is 541 g/mol. The number of ether oxygens (including phenoxy) is 2. The molecule has 1 aromatic rings. The van der Waals surface area contributed by atoms with Gasteiger partial charge in [0.1, 0.15) is 0 Å². The number of nitrogens with one attached hydrogen (secondary N) is 3. The van der Waals surface area contributed by atoms with Gasteiger partial charge in [-0.2, -0.15) is 0 Å². The zero-order valence-corrected chi connectivity index (χ0v) is 22.9. The van der Waals surface area contributed by atoms with Crippen LogP contribution in [0.2, 0.25) is 0 Å². The maximum Gasteiger partial charge on any atom is 0.237 e. The van der Waals surface area contributed by atoms with E-state index < -0.39 is 6.04 Å². The lowest BCUT2D eigenvalue weighted by atomic mass is 10.1. The summed E-state index contributed by atoms with van der Waals surface area (Å²) in [7, 11) is 0. The van der Waals surface area contributed by atoms with Gasteiger partial charge in [0, 0.05) is 37.8 Å². The lowest BCUT2D eigenvalue weighted by Gasteiger charge is -2.11. The minimum Gasteiger partial charge on any atom is -0.377 e. The van der Waals surface area contributed by atoms with Gasteiger partial charge in [0.25, 0.3) is 0 Å². The van der Waals surface area contributed by atoms with Crippen LogP contribution >= 0.6 is 24.8 Å². The molecule has 0 fully saturated rings. The van der Waals surface area contributed by atoms with E-state index in [1.807, 2.05) is 0 Å². The van der Waals surface area contributed by atoms with E-state index in [4.69, 9.17) is 15.2 Å². The topological polar surface area (TPSA) is 131 Å². The molecule has 1 aromatic heterocycles. The van der Waals surface area contributed by atoms with E-state index in [2.05, 4.69) is 27.5 Å². The fraction of sp³-hybridized carbons (Fsp3) is 0.792. The number of carbonyl (C=O) groups is 2. The largest absolute Gasteiger partial charge is 0.377 e. The normalized spacial score (nSPS) is 11.3. The zero-order valence-electron chi connectivity index (χ0n) is 21.2. The van der Waals surface area contributed by atoms with Crippen LogP contribution < -0.4 is 16.4 Å². The highest BCUT2D eigenvalue weighted by Gasteiger charge is 2.13. The second-order valence-electron chi connectivity index (χ2n) is 8.33. The van der Waals surface area contributed by atoms with Gasteiger partial charge in [-0.25, -0.2) is 4.98 Å². The molecule has 1 atom stereocenters. The molecule has 0 bridgehead atoms. The van der Waals surface area contributed by atoms with Crippen molar-refractivity contribution < 1.29 is 19.1 Å². The first-order valence-electron chi connectivity index (χ1n) is 12.6. The Balaban J connectivity index is 0. The summed E-state index contributed by atoms with van der Waals surface area (Å²) in [6, 6.07) is -0.621. The summed E-state index contributed by atoms with van der Waals surface area (Å²) < 4.78 is 10.9. The lowest BCUT2D eigenvalue weighted by Crippen LogP contribution is -2.43. The first kappa shape index (κ1) is 35.8. The fourth-order valence-corrected chi connectivity index (χ4v) is 3.37. The number of nitrogens with zero attached hydrogens (tertiary/aromatic N) is 1. The molecule has 0 aliphatic carbocycles. The smallest absolute Gasteiger partial charge is 0.237 e. The summed E-state index contributed by atoms with van der Waals surface area (Å²) >= 11 is 0. The Bertz CT molecular complexity index is 609. The second-order valence-corrected chi connectivity index (χ2v) is 8.33. The third kappa shape index (κ3) is 21.6. The van der Waals surface area contributed by atoms with Gasteiger partial charge >= 0.3 is 0 Å². The first-order chi connectivity index (χ1) is 16.1. The van der Waals surface area contributed by atoms with Crippen LogP contribution in [-0.4, -0.2) is 67.3 Å². The number of H-pyrrole nitrogens is 1. The molecule has 1 rings (SSSR count). The molecule has 9 nitrogen and oxygen atoms in total. The van der Waals surface area contributed by atoms with Crippen molar-refractivity contribution in [2.75, 3.05) is 39.5 Å². The number of halogens is 2. The number of aromatic amines is 1. The van der Waals surface area contributed by atoms with Gasteiger partial charge in [-0.1, -0.05) is 58.3 Å². The molecule has 0 saturated heterocycles. The Hall–Kier alpha value is -1.39. The fourth-order valence-electron chi connectivity index (χ4n) is 3.37. The second kappa shape index (κ2) is 25.7. The molecule has 206 valence electrons. The summed E-state index contributed by atoms with van der Waals surface area (Å²) in [5, 5.41) is 5.63. The Morgan fingerprint density at radius 1 is 0.914 bits per heavy atom. The van der Waals surface area contributed by atoms with Gasteiger partial charge < -0.3 is 30.8 Å². The maximum absolute atomic E-state index is 11.9. The number of imidazole rings is 1. The van der Waals surface area contributed by atoms with Crippen molar-refractivity contribution in [3.8, 4) is 0 Å². The number of amides is 2. The standard InChI is InChI=1S/C24H45N5O4.2ClH/c1-2-3-4-5-6-7-8-9-10-11-23(30)27-12-14-32-16-17-33-15-13-28-24(31)22(25)18-21-19-26-20-29-21;;/h19-20,22H,2-18,25H2,1H3,(H,26,29)(H,27,30)(H,28,31);2*1H/t22-;;/m0../s1. The lowest BCUT2D eigenvalue weighted by molar-refractivity contribution is -0.123. The van der Waals surface area contributed by atoms with Crippen molar-refractivity contribution in [2.24, 2.45) is 5.73 Å². The molecule has 2 amide bonds. The average Bonchev–Trinajstić information content (AvgIpc) is 3.32. The highest BCUT2D eigenvalue weighted by atomic mass is 35.5. The molecule has 0 radical (unpaired) electrons. The molecular formula is C24H47Cl2N5O4. The summed E-state index contributed by atoms with van der Waals surface area (Å²) in [6.07, 6.45) is 15.5. The molecule has 0 saturated carbocycles. The van der Waals surface area contributed by atoms with Crippen LogP contribution in [0.25, 0.3) is 0 Å². The van der Waals surface area contributed by atoms with Gasteiger partial charge in [0.05, 0.1) is 38.8 Å². The molecule has 0 spiro atoms. The minimum absolute atomic E-state index is 0. The van der Waals surface area contributed by atoms with Crippen molar-refractivity contribution in [3.63, 3.8) is 0 Å². The van der Waals surface area contributed by atoms with E-state index >= 15 is 0 Å².